The van der Waals surface area contributed by atoms with Crippen molar-refractivity contribution in [1.29, 1.82) is 0 Å². The second-order valence-electron chi connectivity index (χ2n) is 3.55. The van der Waals surface area contributed by atoms with E-state index in [9.17, 15) is 0 Å². The van der Waals surface area contributed by atoms with Gasteiger partial charge in [0.25, 0.3) is 0 Å². The van der Waals surface area contributed by atoms with Crippen LogP contribution in [-0.2, 0) is 13.0 Å². The molecular weight excluding hydrogens is 222 g/mol. The van der Waals surface area contributed by atoms with Crippen LogP contribution < -0.4 is 0 Å². The zero-order valence-corrected chi connectivity index (χ0v) is 10.2. The summed E-state index contributed by atoms with van der Waals surface area (Å²) < 4.78 is 2.12. The predicted octanol–water partition coefficient (Wildman–Crippen LogP) is 3.18. The molecule has 4 heteroatoms. The average molecular weight is 236 g/mol. The first-order valence-electron chi connectivity index (χ1n) is 5.44. The van der Waals surface area contributed by atoms with Crippen molar-refractivity contribution in [3.8, 4) is 11.4 Å². The Labute approximate surface area is 100 Å². The molecule has 0 radical (unpaired) electrons. The number of hydrogen-bond acceptors (Lipinski definition) is 2. The highest BCUT2D eigenvalue weighted by Gasteiger charge is 2.10. The molecule has 0 unspecified atom stereocenters. The number of aryl methyl sites for hydroxylation is 1. The van der Waals surface area contributed by atoms with E-state index >= 15 is 0 Å². The molecule has 0 aliphatic rings. The third-order valence-corrected chi connectivity index (χ3v) is 2.78. The summed E-state index contributed by atoms with van der Waals surface area (Å²) in [6.45, 7) is 5.05. The van der Waals surface area contributed by atoms with E-state index in [0.717, 1.165) is 35.2 Å². The summed E-state index contributed by atoms with van der Waals surface area (Å²) in [6.07, 6.45) is 0.890. The van der Waals surface area contributed by atoms with E-state index in [-0.39, 0.29) is 0 Å². The van der Waals surface area contributed by atoms with Crippen molar-refractivity contribution in [2.75, 3.05) is 0 Å². The third-order valence-electron chi connectivity index (χ3n) is 2.54. The van der Waals surface area contributed by atoms with Crippen molar-refractivity contribution < 1.29 is 0 Å². The summed E-state index contributed by atoms with van der Waals surface area (Å²) in [6, 6.07) is 7.70. The minimum absolute atomic E-state index is 0.723. The summed E-state index contributed by atoms with van der Waals surface area (Å²) in [5.41, 5.74) is 1.02. The smallest absolute Gasteiger partial charge is 0.163 e. The molecule has 0 N–H and O–H groups in total. The third kappa shape index (κ3) is 1.95. The maximum Gasteiger partial charge on any atom is 0.163 e. The molecule has 2 aromatic rings. The SMILES string of the molecule is CCc1nnc(-c2cccc(Cl)c2)n1CC. The van der Waals surface area contributed by atoms with Crippen LogP contribution in [0.5, 0.6) is 0 Å². The van der Waals surface area contributed by atoms with Crippen molar-refractivity contribution in [1.82, 2.24) is 14.8 Å². The summed E-state index contributed by atoms with van der Waals surface area (Å²) in [4.78, 5) is 0. The Hall–Kier alpha value is -1.35. The average Bonchev–Trinajstić information content (AvgIpc) is 2.71. The quantitative estimate of drug-likeness (QED) is 0.818. The number of nitrogens with zero attached hydrogens (tertiary/aromatic N) is 3. The summed E-state index contributed by atoms with van der Waals surface area (Å²) in [5.74, 6) is 1.90. The highest BCUT2D eigenvalue weighted by Crippen LogP contribution is 2.21. The molecule has 0 bridgehead atoms. The minimum atomic E-state index is 0.723. The van der Waals surface area contributed by atoms with Gasteiger partial charge in [0.05, 0.1) is 0 Å². The van der Waals surface area contributed by atoms with Crippen molar-refractivity contribution >= 4 is 11.6 Å². The highest BCUT2D eigenvalue weighted by molar-refractivity contribution is 6.30. The Morgan fingerprint density at radius 2 is 2.06 bits per heavy atom. The van der Waals surface area contributed by atoms with Gasteiger partial charge in [-0.25, -0.2) is 0 Å². The molecule has 0 aliphatic carbocycles. The molecule has 0 aliphatic heterocycles. The molecule has 0 atom stereocenters. The molecule has 0 saturated heterocycles. The highest BCUT2D eigenvalue weighted by atomic mass is 35.5. The molecular formula is C12H14ClN3. The molecule has 16 heavy (non-hydrogen) atoms. The topological polar surface area (TPSA) is 30.7 Å². The molecule has 0 spiro atoms. The number of rotatable bonds is 3. The summed E-state index contributed by atoms with van der Waals surface area (Å²) in [7, 11) is 0. The lowest BCUT2D eigenvalue weighted by molar-refractivity contribution is 0.711. The van der Waals surface area contributed by atoms with Crippen LogP contribution in [0.3, 0.4) is 0 Å². The molecule has 3 nitrogen and oxygen atoms in total. The fourth-order valence-corrected chi connectivity index (χ4v) is 1.96. The van der Waals surface area contributed by atoms with E-state index in [1.807, 2.05) is 24.3 Å². The number of benzene rings is 1. The number of aromatic nitrogens is 3. The van der Waals surface area contributed by atoms with Gasteiger partial charge in [-0.15, -0.1) is 10.2 Å². The van der Waals surface area contributed by atoms with E-state index < -0.39 is 0 Å². The van der Waals surface area contributed by atoms with Gasteiger partial charge in [0, 0.05) is 23.6 Å². The van der Waals surface area contributed by atoms with Crippen molar-refractivity contribution in [3.05, 3.63) is 35.1 Å². The predicted molar refractivity (Wildman–Crippen MR) is 65.5 cm³/mol. The Bertz CT molecular complexity index is 491. The molecule has 2 rings (SSSR count). The van der Waals surface area contributed by atoms with Gasteiger partial charge in [0.15, 0.2) is 5.82 Å². The summed E-state index contributed by atoms with van der Waals surface area (Å²) in [5, 5.41) is 9.13. The van der Waals surface area contributed by atoms with Gasteiger partial charge in [-0.2, -0.15) is 0 Å². The maximum absolute atomic E-state index is 5.97. The fourth-order valence-electron chi connectivity index (χ4n) is 1.77. The lowest BCUT2D eigenvalue weighted by Crippen LogP contribution is -2.02. The molecule has 1 aromatic carbocycles. The van der Waals surface area contributed by atoms with Crippen LogP contribution in [0, 0.1) is 0 Å². The molecule has 84 valence electrons. The fraction of sp³-hybridized carbons (Fsp3) is 0.333. The van der Waals surface area contributed by atoms with Crippen LogP contribution >= 0.6 is 11.6 Å². The van der Waals surface area contributed by atoms with Crippen LogP contribution in [0.2, 0.25) is 5.02 Å². The normalized spacial score (nSPS) is 10.7. The monoisotopic (exact) mass is 235 g/mol. The van der Waals surface area contributed by atoms with E-state index in [4.69, 9.17) is 11.6 Å². The minimum Gasteiger partial charge on any atom is -0.311 e. The van der Waals surface area contributed by atoms with Crippen LogP contribution in [0.25, 0.3) is 11.4 Å². The zero-order chi connectivity index (χ0) is 11.5. The molecule has 0 amide bonds. The van der Waals surface area contributed by atoms with E-state index in [2.05, 4.69) is 28.6 Å². The van der Waals surface area contributed by atoms with E-state index in [0.29, 0.717) is 0 Å². The van der Waals surface area contributed by atoms with Gasteiger partial charge in [0.1, 0.15) is 5.82 Å². The first-order valence-corrected chi connectivity index (χ1v) is 5.82. The Kier molecular flexibility index (Phi) is 3.25. The van der Waals surface area contributed by atoms with Gasteiger partial charge in [-0.1, -0.05) is 30.7 Å². The van der Waals surface area contributed by atoms with Gasteiger partial charge < -0.3 is 4.57 Å². The van der Waals surface area contributed by atoms with Gasteiger partial charge in [-0.3, -0.25) is 0 Å². The van der Waals surface area contributed by atoms with Gasteiger partial charge in [0.2, 0.25) is 0 Å². The number of halogens is 1. The lowest BCUT2D eigenvalue weighted by atomic mass is 10.2. The standard InChI is InChI=1S/C12H14ClN3/c1-3-11-14-15-12(16(11)4-2)9-6-5-7-10(13)8-9/h5-8H,3-4H2,1-2H3. The van der Waals surface area contributed by atoms with Crippen molar-refractivity contribution in [3.63, 3.8) is 0 Å². The first-order chi connectivity index (χ1) is 7.76. The first kappa shape index (κ1) is 11.1. The zero-order valence-electron chi connectivity index (χ0n) is 9.44. The van der Waals surface area contributed by atoms with Crippen LogP contribution in [0.1, 0.15) is 19.7 Å². The van der Waals surface area contributed by atoms with E-state index in [1.54, 1.807) is 0 Å². The van der Waals surface area contributed by atoms with Gasteiger partial charge >= 0.3 is 0 Å². The van der Waals surface area contributed by atoms with Crippen molar-refractivity contribution in [2.45, 2.75) is 26.8 Å². The lowest BCUT2D eigenvalue weighted by Gasteiger charge is -2.06. The Morgan fingerprint density at radius 3 is 2.69 bits per heavy atom. The molecule has 0 saturated carbocycles. The number of hydrogen-bond donors (Lipinski definition) is 0. The van der Waals surface area contributed by atoms with E-state index in [1.165, 1.54) is 0 Å². The molecule has 1 aromatic heterocycles. The maximum atomic E-state index is 5.97. The molecule has 0 fully saturated rings. The van der Waals surface area contributed by atoms with Crippen LogP contribution in [-0.4, -0.2) is 14.8 Å². The van der Waals surface area contributed by atoms with Crippen LogP contribution in [0.15, 0.2) is 24.3 Å². The molecule has 1 heterocycles. The van der Waals surface area contributed by atoms with Crippen LogP contribution in [0.4, 0.5) is 0 Å². The second kappa shape index (κ2) is 4.66. The van der Waals surface area contributed by atoms with Gasteiger partial charge in [-0.05, 0) is 19.1 Å². The second-order valence-corrected chi connectivity index (χ2v) is 3.98. The summed E-state index contributed by atoms with van der Waals surface area (Å²) >= 11 is 5.97. The van der Waals surface area contributed by atoms with Crippen molar-refractivity contribution in [2.24, 2.45) is 0 Å². The Balaban J connectivity index is 2.51. The Morgan fingerprint density at radius 1 is 1.25 bits per heavy atom. The largest absolute Gasteiger partial charge is 0.311 e.